The maximum atomic E-state index is 12.3. The summed E-state index contributed by atoms with van der Waals surface area (Å²) in [7, 11) is 0. The molecule has 4 fully saturated rings. The molecule has 5 heteroatoms. The average molecular weight is 491 g/mol. The Balaban J connectivity index is 1.37. The van der Waals surface area contributed by atoms with E-state index in [9.17, 15) is 9.59 Å². The van der Waals surface area contributed by atoms with Gasteiger partial charge < -0.3 is 14.2 Å². The van der Waals surface area contributed by atoms with Crippen LogP contribution in [0, 0.1) is 46.3 Å². The summed E-state index contributed by atoms with van der Waals surface area (Å²) >= 11 is 0. The van der Waals surface area contributed by atoms with Gasteiger partial charge in [-0.1, -0.05) is 20.8 Å². The second-order valence-electron chi connectivity index (χ2n) is 12.9. The van der Waals surface area contributed by atoms with Crippen LogP contribution in [-0.4, -0.2) is 30.9 Å². The molecule has 0 aromatic heterocycles. The van der Waals surface area contributed by atoms with E-state index >= 15 is 0 Å². The first kappa shape index (κ1) is 26.9. The van der Waals surface area contributed by atoms with E-state index in [-0.39, 0.29) is 18.0 Å². The van der Waals surface area contributed by atoms with Gasteiger partial charge in [0.15, 0.2) is 6.29 Å². The molecule has 4 aliphatic rings. The Morgan fingerprint density at radius 1 is 0.943 bits per heavy atom. The van der Waals surface area contributed by atoms with E-state index in [1.54, 1.807) is 13.8 Å². The van der Waals surface area contributed by atoms with Gasteiger partial charge in [-0.25, -0.2) is 0 Å². The zero-order valence-corrected chi connectivity index (χ0v) is 23.1. The Hall–Kier alpha value is -1.10. The van der Waals surface area contributed by atoms with Crippen molar-refractivity contribution in [2.24, 2.45) is 46.3 Å². The molecule has 0 saturated heterocycles. The van der Waals surface area contributed by atoms with E-state index in [4.69, 9.17) is 14.2 Å². The molecule has 0 heterocycles. The molecule has 0 N–H and O–H groups in total. The summed E-state index contributed by atoms with van der Waals surface area (Å²) in [6.07, 6.45) is 12.4. The third-order valence-electron chi connectivity index (χ3n) is 11.2. The van der Waals surface area contributed by atoms with Crippen molar-refractivity contribution in [3.8, 4) is 0 Å². The fourth-order valence-corrected chi connectivity index (χ4v) is 9.60. The minimum absolute atomic E-state index is 0.121. The molecule has 0 aliphatic heterocycles. The largest absolute Gasteiger partial charge is 0.463 e. The molecule has 10 atom stereocenters. The molecule has 200 valence electrons. The number of hydrogen-bond acceptors (Lipinski definition) is 5. The summed E-state index contributed by atoms with van der Waals surface area (Å²) in [5.41, 5.74) is 0.812. The van der Waals surface area contributed by atoms with E-state index in [2.05, 4.69) is 20.8 Å². The Morgan fingerprint density at radius 3 is 2.37 bits per heavy atom. The van der Waals surface area contributed by atoms with Gasteiger partial charge in [0, 0.05) is 20.0 Å². The number of carbonyl (C=O) groups excluding carboxylic acids is 2. The third kappa shape index (κ3) is 5.31. The first-order chi connectivity index (χ1) is 16.6. The monoisotopic (exact) mass is 490 g/mol. The number of hydrogen-bond donors (Lipinski definition) is 0. The minimum Gasteiger partial charge on any atom is -0.463 e. The summed E-state index contributed by atoms with van der Waals surface area (Å²) in [4.78, 5) is 23.8. The summed E-state index contributed by atoms with van der Waals surface area (Å²) in [6.45, 7) is 13.4. The van der Waals surface area contributed by atoms with Gasteiger partial charge in [-0.3, -0.25) is 9.59 Å². The van der Waals surface area contributed by atoms with Crippen molar-refractivity contribution in [3.05, 3.63) is 0 Å². The van der Waals surface area contributed by atoms with Crippen molar-refractivity contribution in [2.75, 3.05) is 6.61 Å². The Labute approximate surface area is 213 Å². The van der Waals surface area contributed by atoms with Crippen LogP contribution >= 0.6 is 0 Å². The van der Waals surface area contributed by atoms with E-state index in [0.717, 1.165) is 37.0 Å². The van der Waals surface area contributed by atoms with Crippen molar-refractivity contribution in [2.45, 2.75) is 125 Å². The number of ether oxygens (including phenoxy) is 3. The summed E-state index contributed by atoms with van der Waals surface area (Å²) in [6, 6.07) is 0. The Morgan fingerprint density at radius 2 is 1.66 bits per heavy atom. The lowest BCUT2D eigenvalue weighted by Gasteiger charge is -2.61. The van der Waals surface area contributed by atoms with Gasteiger partial charge in [-0.15, -0.1) is 0 Å². The minimum atomic E-state index is -0.452. The average Bonchev–Trinajstić information content (AvgIpc) is 3.15. The molecular formula is C30H50O5. The van der Waals surface area contributed by atoms with Gasteiger partial charge in [0.25, 0.3) is 0 Å². The van der Waals surface area contributed by atoms with E-state index < -0.39 is 6.29 Å². The molecule has 0 spiro atoms. The molecule has 0 aromatic rings. The van der Waals surface area contributed by atoms with Gasteiger partial charge in [-0.2, -0.15) is 0 Å². The predicted octanol–water partition coefficient (Wildman–Crippen LogP) is 6.92. The zero-order chi connectivity index (χ0) is 25.4. The molecule has 0 amide bonds. The smallest absolute Gasteiger partial charge is 0.308 e. The van der Waals surface area contributed by atoms with Gasteiger partial charge in [0.1, 0.15) is 6.10 Å². The Bertz CT molecular complexity index is 766. The van der Waals surface area contributed by atoms with Gasteiger partial charge >= 0.3 is 11.9 Å². The molecular weight excluding hydrogens is 440 g/mol. The van der Waals surface area contributed by atoms with Crippen LogP contribution in [0.4, 0.5) is 0 Å². The van der Waals surface area contributed by atoms with Crippen molar-refractivity contribution < 1.29 is 23.8 Å². The Kier molecular flexibility index (Phi) is 8.25. The van der Waals surface area contributed by atoms with E-state index in [0.29, 0.717) is 41.6 Å². The molecule has 4 saturated carbocycles. The lowest BCUT2D eigenvalue weighted by Crippen LogP contribution is -2.54. The first-order valence-corrected chi connectivity index (χ1v) is 14.6. The standard InChI is InChI=1S/C30H50O5/c1-7-33-21(4)35-28(32)13-8-19(2)25-11-12-26-24-10-9-22-18-23(34-20(3)31)14-16-29(22,5)27(24)15-17-30(25,26)6/h19,21-27H,7-18H2,1-6H3. The topological polar surface area (TPSA) is 61.8 Å². The van der Waals surface area contributed by atoms with Gasteiger partial charge in [-0.05, 0) is 124 Å². The van der Waals surface area contributed by atoms with E-state index in [1.807, 2.05) is 6.92 Å². The zero-order valence-electron chi connectivity index (χ0n) is 23.1. The van der Waals surface area contributed by atoms with Gasteiger partial charge in [0.05, 0.1) is 0 Å². The summed E-state index contributed by atoms with van der Waals surface area (Å²) in [5.74, 6) is 4.19. The fourth-order valence-electron chi connectivity index (χ4n) is 9.60. The first-order valence-electron chi connectivity index (χ1n) is 14.6. The van der Waals surface area contributed by atoms with Crippen LogP contribution in [0.1, 0.15) is 112 Å². The lowest BCUT2D eigenvalue weighted by atomic mass is 9.44. The highest BCUT2D eigenvalue weighted by Gasteiger charge is 2.60. The molecule has 0 bridgehead atoms. The fraction of sp³-hybridized carbons (Fsp3) is 0.933. The SMILES string of the molecule is CCOC(C)OC(=O)CCC(C)C1CCC2C3CCC4CC(OC(C)=O)CCC4(C)C3CCC12C. The van der Waals surface area contributed by atoms with Crippen LogP contribution < -0.4 is 0 Å². The molecule has 0 aromatic carbocycles. The third-order valence-corrected chi connectivity index (χ3v) is 11.2. The van der Waals surface area contributed by atoms with Crippen LogP contribution in [0.2, 0.25) is 0 Å². The predicted molar refractivity (Wildman–Crippen MR) is 136 cm³/mol. The highest BCUT2D eigenvalue weighted by atomic mass is 16.7. The number of carbonyl (C=O) groups is 2. The molecule has 0 radical (unpaired) electrons. The van der Waals surface area contributed by atoms with Crippen LogP contribution in [-0.2, 0) is 23.8 Å². The normalized spacial score (nSPS) is 42.2. The molecule has 4 rings (SSSR count). The number of esters is 2. The molecule has 5 nitrogen and oxygen atoms in total. The lowest BCUT2D eigenvalue weighted by molar-refractivity contribution is -0.174. The van der Waals surface area contributed by atoms with Crippen LogP contribution in [0.5, 0.6) is 0 Å². The van der Waals surface area contributed by atoms with Crippen molar-refractivity contribution in [3.63, 3.8) is 0 Å². The summed E-state index contributed by atoms with van der Waals surface area (Å²) < 4.78 is 16.4. The van der Waals surface area contributed by atoms with Crippen LogP contribution in [0.15, 0.2) is 0 Å². The maximum Gasteiger partial charge on any atom is 0.308 e. The molecule has 35 heavy (non-hydrogen) atoms. The second-order valence-corrected chi connectivity index (χ2v) is 12.9. The number of rotatable bonds is 8. The van der Waals surface area contributed by atoms with Gasteiger partial charge in [0.2, 0.25) is 0 Å². The van der Waals surface area contributed by atoms with E-state index in [1.165, 1.54) is 44.9 Å². The molecule has 4 aliphatic carbocycles. The second kappa shape index (κ2) is 10.7. The van der Waals surface area contributed by atoms with Crippen molar-refractivity contribution in [1.29, 1.82) is 0 Å². The van der Waals surface area contributed by atoms with Crippen molar-refractivity contribution in [1.82, 2.24) is 0 Å². The highest BCUT2D eigenvalue weighted by Crippen LogP contribution is 2.68. The highest BCUT2D eigenvalue weighted by molar-refractivity contribution is 5.69. The summed E-state index contributed by atoms with van der Waals surface area (Å²) in [5, 5.41) is 0. The quantitative estimate of drug-likeness (QED) is 0.273. The number of fused-ring (bicyclic) bond motifs is 5. The molecule has 10 unspecified atom stereocenters. The van der Waals surface area contributed by atoms with Crippen LogP contribution in [0.25, 0.3) is 0 Å². The van der Waals surface area contributed by atoms with Crippen LogP contribution in [0.3, 0.4) is 0 Å². The maximum absolute atomic E-state index is 12.3. The van der Waals surface area contributed by atoms with Crippen molar-refractivity contribution >= 4 is 11.9 Å².